The lowest BCUT2D eigenvalue weighted by molar-refractivity contribution is -0.383. The molecule has 3 aromatic heterocycles. The van der Waals surface area contributed by atoms with Crippen molar-refractivity contribution in [3.63, 3.8) is 0 Å². The topological polar surface area (TPSA) is 128 Å². The van der Waals surface area contributed by atoms with Gasteiger partial charge in [0.15, 0.2) is 5.13 Å². The second kappa shape index (κ2) is 8.93. The van der Waals surface area contributed by atoms with Crippen molar-refractivity contribution in [3.05, 3.63) is 67.9 Å². The van der Waals surface area contributed by atoms with E-state index >= 15 is 0 Å². The molecule has 1 fully saturated rings. The Labute approximate surface area is 204 Å². The Balaban J connectivity index is 1.42. The van der Waals surface area contributed by atoms with Crippen LogP contribution in [0, 0.1) is 17.0 Å². The number of piperidine rings is 1. The lowest BCUT2D eigenvalue weighted by Crippen LogP contribution is -2.34. The Kier molecular flexibility index (Phi) is 5.90. The predicted molar refractivity (Wildman–Crippen MR) is 124 cm³/mol. The van der Waals surface area contributed by atoms with Crippen LogP contribution >= 0.6 is 11.3 Å². The van der Waals surface area contributed by atoms with Gasteiger partial charge >= 0.3 is 6.18 Å². The summed E-state index contributed by atoms with van der Waals surface area (Å²) in [7, 11) is 0. The van der Waals surface area contributed by atoms with Gasteiger partial charge in [-0.15, -0.1) is 0 Å². The average Bonchev–Trinajstić information content (AvgIpc) is 3.34. The molecule has 1 saturated heterocycles. The molecule has 1 aliphatic heterocycles. The van der Waals surface area contributed by atoms with E-state index in [-0.39, 0.29) is 15.7 Å². The first-order valence-electron chi connectivity index (χ1n) is 10.8. The van der Waals surface area contributed by atoms with Crippen LogP contribution in [-0.4, -0.2) is 38.1 Å². The van der Waals surface area contributed by atoms with Crippen molar-refractivity contribution in [2.75, 3.05) is 18.0 Å². The van der Waals surface area contributed by atoms with Gasteiger partial charge in [0.2, 0.25) is 11.7 Å². The SMILES string of the molecule is Cc1c(C(F)(F)F)cc2c(=O)nc(N3CCC(c4nc(-c5ccccn5)no4)CC3)sc2c1[N+](=O)[O-]. The third kappa shape index (κ3) is 4.27. The number of hydrogen-bond acceptors (Lipinski definition) is 10. The number of rotatable bonds is 4. The van der Waals surface area contributed by atoms with E-state index in [1.807, 2.05) is 6.07 Å². The zero-order chi connectivity index (χ0) is 25.6. The molecule has 4 aromatic rings. The van der Waals surface area contributed by atoms with Crippen LogP contribution in [0.1, 0.15) is 35.8 Å². The molecule has 0 unspecified atom stereocenters. The molecule has 1 aliphatic rings. The molecule has 4 heterocycles. The number of hydrogen-bond donors (Lipinski definition) is 0. The Hall–Kier alpha value is -3.94. The molecule has 0 amide bonds. The normalized spacial score (nSPS) is 14.9. The van der Waals surface area contributed by atoms with E-state index in [0.29, 0.717) is 49.4 Å². The summed E-state index contributed by atoms with van der Waals surface area (Å²) in [4.78, 5) is 37.9. The van der Waals surface area contributed by atoms with Gasteiger partial charge in [-0.25, -0.2) is 0 Å². The summed E-state index contributed by atoms with van der Waals surface area (Å²) in [5.41, 5.74) is -2.84. The fourth-order valence-corrected chi connectivity index (χ4v) is 5.44. The molecule has 14 heteroatoms. The first-order valence-corrected chi connectivity index (χ1v) is 11.6. The number of aromatic nitrogens is 4. The predicted octanol–water partition coefficient (Wildman–Crippen LogP) is 4.72. The van der Waals surface area contributed by atoms with Crippen LogP contribution in [0.2, 0.25) is 0 Å². The summed E-state index contributed by atoms with van der Waals surface area (Å²) in [5.74, 6) is 0.790. The quantitative estimate of drug-likeness (QED) is 0.278. The summed E-state index contributed by atoms with van der Waals surface area (Å²) in [5, 5.41) is 15.5. The van der Waals surface area contributed by atoms with Crippen molar-refractivity contribution >= 4 is 32.2 Å². The molecule has 5 rings (SSSR count). The molecule has 0 saturated carbocycles. The molecule has 0 N–H and O–H groups in total. The highest BCUT2D eigenvalue weighted by Gasteiger charge is 2.38. The van der Waals surface area contributed by atoms with Gasteiger partial charge in [-0.2, -0.15) is 23.1 Å². The molecule has 186 valence electrons. The van der Waals surface area contributed by atoms with E-state index in [1.165, 1.54) is 0 Å². The van der Waals surface area contributed by atoms with E-state index in [4.69, 9.17) is 4.52 Å². The van der Waals surface area contributed by atoms with Crippen LogP contribution in [0.3, 0.4) is 0 Å². The highest BCUT2D eigenvalue weighted by atomic mass is 32.1. The van der Waals surface area contributed by atoms with Gasteiger partial charge in [-0.05, 0) is 38.0 Å². The van der Waals surface area contributed by atoms with Gasteiger partial charge in [0, 0.05) is 30.8 Å². The van der Waals surface area contributed by atoms with Crippen molar-refractivity contribution in [1.82, 2.24) is 20.1 Å². The minimum absolute atomic E-state index is 0.0469. The molecular formula is C22H17F3N6O4S. The van der Waals surface area contributed by atoms with Crippen molar-refractivity contribution in [2.45, 2.75) is 31.9 Å². The second-order valence-corrected chi connectivity index (χ2v) is 9.24. The van der Waals surface area contributed by atoms with Crippen LogP contribution in [0.15, 0.2) is 39.8 Å². The number of nitro groups is 1. The molecule has 0 bridgehead atoms. The van der Waals surface area contributed by atoms with Gasteiger partial charge in [0.05, 0.1) is 15.9 Å². The molecule has 10 nitrogen and oxygen atoms in total. The third-order valence-corrected chi connectivity index (χ3v) is 7.22. The molecule has 1 aromatic carbocycles. The summed E-state index contributed by atoms with van der Waals surface area (Å²) >= 11 is 0.841. The first kappa shape index (κ1) is 23.8. The maximum Gasteiger partial charge on any atom is 0.416 e. The van der Waals surface area contributed by atoms with E-state index < -0.39 is 38.9 Å². The lowest BCUT2D eigenvalue weighted by Gasteiger charge is -2.30. The summed E-state index contributed by atoms with van der Waals surface area (Å²) in [6.45, 7) is 1.91. The van der Waals surface area contributed by atoms with E-state index in [0.717, 1.165) is 18.3 Å². The van der Waals surface area contributed by atoms with Gasteiger partial charge < -0.3 is 9.42 Å². The zero-order valence-corrected chi connectivity index (χ0v) is 19.5. The number of alkyl halides is 3. The minimum Gasteiger partial charge on any atom is -0.348 e. The fraction of sp³-hybridized carbons (Fsp3) is 0.318. The number of anilines is 1. The van der Waals surface area contributed by atoms with Crippen LogP contribution in [0.4, 0.5) is 24.0 Å². The van der Waals surface area contributed by atoms with Gasteiger partial charge in [0.25, 0.3) is 11.2 Å². The van der Waals surface area contributed by atoms with Crippen molar-refractivity contribution in [3.8, 4) is 11.5 Å². The monoisotopic (exact) mass is 518 g/mol. The third-order valence-electron chi connectivity index (χ3n) is 6.07. The number of nitro benzene ring substituents is 1. The van der Waals surface area contributed by atoms with Crippen LogP contribution in [0.25, 0.3) is 21.6 Å². The Morgan fingerprint density at radius 3 is 2.61 bits per heavy atom. The second-order valence-electron chi connectivity index (χ2n) is 8.26. The lowest BCUT2D eigenvalue weighted by atomic mass is 9.97. The van der Waals surface area contributed by atoms with Crippen LogP contribution in [-0.2, 0) is 6.18 Å². The van der Waals surface area contributed by atoms with Crippen LogP contribution < -0.4 is 10.5 Å². The molecule has 0 radical (unpaired) electrons. The molecule has 36 heavy (non-hydrogen) atoms. The van der Waals surface area contributed by atoms with E-state index in [9.17, 15) is 28.1 Å². The maximum absolute atomic E-state index is 13.4. The number of pyridine rings is 1. The largest absolute Gasteiger partial charge is 0.416 e. The standard InChI is InChI=1S/C22H17F3N6O4S/c1-11-14(22(23,24)25)10-13-17(16(11)31(33)34)36-21(28-19(13)32)30-8-5-12(6-9-30)20-27-18(29-35-20)15-4-2-3-7-26-15/h2-4,7,10,12H,5-6,8-9H2,1H3. The molecule has 0 spiro atoms. The molecule has 0 atom stereocenters. The summed E-state index contributed by atoms with van der Waals surface area (Å²) in [6, 6.07) is 6.01. The van der Waals surface area contributed by atoms with Crippen molar-refractivity contribution in [1.29, 1.82) is 0 Å². The zero-order valence-electron chi connectivity index (χ0n) is 18.7. The van der Waals surface area contributed by atoms with E-state index in [1.54, 1.807) is 23.2 Å². The Morgan fingerprint density at radius 1 is 1.22 bits per heavy atom. The van der Waals surface area contributed by atoms with Gasteiger partial charge in [-0.1, -0.05) is 22.6 Å². The highest BCUT2D eigenvalue weighted by molar-refractivity contribution is 7.22. The van der Waals surface area contributed by atoms with Gasteiger partial charge in [0.1, 0.15) is 10.4 Å². The molecule has 0 aliphatic carbocycles. The first-order chi connectivity index (χ1) is 17.1. The number of fused-ring (bicyclic) bond motifs is 1. The fourth-order valence-electron chi connectivity index (χ4n) is 4.23. The van der Waals surface area contributed by atoms with E-state index in [2.05, 4.69) is 20.1 Å². The molecular weight excluding hydrogens is 501 g/mol. The van der Waals surface area contributed by atoms with Crippen molar-refractivity contribution in [2.24, 2.45) is 0 Å². The minimum atomic E-state index is -4.84. The Bertz CT molecular complexity index is 1510. The van der Waals surface area contributed by atoms with Crippen molar-refractivity contribution < 1.29 is 22.6 Å². The number of halogens is 3. The number of benzene rings is 1. The maximum atomic E-state index is 13.4. The van der Waals surface area contributed by atoms with Gasteiger partial charge in [-0.3, -0.25) is 19.9 Å². The summed E-state index contributed by atoms with van der Waals surface area (Å²) in [6.07, 6.45) is -2.05. The highest BCUT2D eigenvalue weighted by Crippen LogP contribution is 2.42. The average molecular weight is 518 g/mol. The number of nitrogens with zero attached hydrogens (tertiary/aromatic N) is 6. The Morgan fingerprint density at radius 2 is 1.97 bits per heavy atom. The summed E-state index contributed by atoms with van der Waals surface area (Å²) < 4.78 is 45.6. The van der Waals surface area contributed by atoms with Crippen LogP contribution in [0.5, 0.6) is 0 Å². The smallest absolute Gasteiger partial charge is 0.348 e.